The van der Waals surface area contributed by atoms with E-state index in [1.165, 1.54) is 14.2 Å². The number of hydrogen-bond acceptors (Lipinski definition) is 7. The maximum atomic E-state index is 8.90. The molecule has 7 heteroatoms. The predicted octanol–water partition coefficient (Wildman–Crippen LogP) is 0.924. The number of hydrogen-bond donors (Lipinski definition) is 2. The Morgan fingerprint density at radius 3 is 2.87 bits per heavy atom. The summed E-state index contributed by atoms with van der Waals surface area (Å²) in [6, 6.07) is 0. The highest BCUT2D eigenvalue weighted by Gasteiger charge is 2.08. The van der Waals surface area contributed by atoms with Crippen molar-refractivity contribution < 1.29 is 19.0 Å². The van der Waals surface area contributed by atoms with Gasteiger partial charge < -0.3 is 19.0 Å². The molecule has 0 spiro atoms. The van der Waals surface area contributed by atoms with Gasteiger partial charge in [0.15, 0.2) is 0 Å². The summed E-state index contributed by atoms with van der Waals surface area (Å²) in [5.74, 6) is 0. The van der Waals surface area contributed by atoms with Crippen molar-refractivity contribution in [3.8, 4) is 0 Å². The van der Waals surface area contributed by atoms with Crippen LogP contribution in [0.15, 0.2) is 5.16 Å². The first-order chi connectivity index (χ1) is 7.20. The van der Waals surface area contributed by atoms with E-state index in [0.29, 0.717) is 19.4 Å². The van der Waals surface area contributed by atoms with Gasteiger partial charge in [-0.05, 0) is 19.3 Å². The van der Waals surface area contributed by atoms with Gasteiger partial charge in [-0.3, -0.25) is 0 Å². The van der Waals surface area contributed by atoms with Crippen LogP contribution in [-0.4, -0.2) is 50.1 Å². The van der Waals surface area contributed by atoms with E-state index < -0.39 is 0 Å². The molecule has 0 saturated heterocycles. The lowest BCUT2D eigenvalue weighted by Gasteiger charge is -2.17. The molecule has 0 heterocycles. The number of rotatable bonds is 9. The molecule has 0 aliphatic carbocycles. The van der Waals surface area contributed by atoms with Crippen LogP contribution in [0.1, 0.15) is 12.8 Å². The molecule has 0 aromatic heterocycles. The Bertz CT molecular complexity index is 169. The lowest BCUT2D eigenvalue weighted by Crippen LogP contribution is -2.24. The highest BCUT2D eigenvalue weighted by Crippen LogP contribution is 2.04. The third-order valence-electron chi connectivity index (χ3n) is 1.58. The van der Waals surface area contributed by atoms with Gasteiger partial charge in [-0.1, -0.05) is 5.16 Å². The van der Waals surface area contributed by atoms with Crippen LogP contribution >= 0.6 is 12.9 Å². The highest BCUT2D eigenvalue weighted by molar-refractivity contribution is 7.75. The monoisotopic (exact) mass is 238 g/mol. The fraction of sp³-hybridized carbons (Fsp3) is 0.875. The van der Waals surface area contributed by atoms with Crippen LogP contribution in [0.5, 0.6) is 0 Å². The summed E-state index contributed by atoms with van der Waals surface area (Å²) in [6.07, 6.45) is 2.80. The Morgan fingerprint density at radius 2 is 2.33 bits per heavy atom. The minimum absolute atomic E-state index is 0.0781. The molecule has 0 aromatic carbocycles. The van der Waals surface area contributed by atoms with Crippen molar-refractivity contribution in [3.63, 3.8) is 0 Å². The summed E-state index contributed by atoms with van der Waals surface area (Å²) >= 11 is 3.64. The zero-order valence-corrected chi connectivity index (χ0v) is 9.89. The van der Waals surface area contributed by atoms with Gasteiger partial charge in [-0.15, -0.1) is 0 Å². The first-order valence-electron chi connectivity index (χ1n) is 4.53. The number of oxime groups is 1. The molecule has 0 rings (SSSR count). The minimum atomic E-state index is -0.0781. The van der Waals surface area contributed by atoms with E-state index in [2.05, 4.69) is 27.1 Å². The zero-order valence-electron chi connectivity index (χ0n) is 9.00. The molecule has 0 fully saturated rings. The minimum Gasteiger partial charge on any atom is -0.399 e. The van der Waals surface area contributed by atoms with Gasteiger partial charge >= 0.3 is 0 Å². The van der Waals surface area contributed by atoms with E-state index >= 15 is 0 Å². The molecular formula is C8H18N2O4S. The van der Waals surface area contributed by atoms with Crippen molar-refractivity contribution in [2.45, 2.75) is 18.9 Å². The fourth-order valence-corrected chi connectivity index (χ4v) is 1.01. The van der Waals surface area contributed by atoms with Gasteiger partial charge in [-0.2, -0.15) is 5.06 Å². The first kappa shape index (κ1) is 14.7. The lowest BCUT2D eigenvalue weighted by atomic mass is 10.2. The summed E-state index contributed by atoms with van der Waals surface area (Å²) in [5.41, 5.74) is 0. The van der Waals surface area contributed by atoms with Crippen LogP contribution in [-0.2, 0) is 13.8 Å². The van der Waals surface area contributed by atoms with Gasteiger partial charge in [0.25, 0.3) is 0 Å². The molecule has 1 unspecified atom stereocenters. The van der Waals surface area contributed by atoms with Crippen molar-refractivity contribution in [1.82, 2.24) is 5.06 Å². The third kappa shape index (κ3) is 9.95. The number of ether oxygens (including phenoxy) is 1. The largest absolute Gasteiger partial charge is 0.399 e. The molecule has 0 aliphatic rings. The van der Waals surface area contributed by atoms with Crippen LogP contribution < -0.4 is 0 Å². The fourth-order valence-electron chi connectivity index (χ4n) is 0.902. The molecule has 0 radical (unpaired) electrons. The summed E-state index contributed by atoms with van der Waals surface area (Å²) in [4.78, 5) is 4.53. The standard InChI is InChI=1S/C8H18N2O4S/c1-10(11)7-13-8(4-6-14-15)3-5-9-12-2/h5,8,11,15H,3-4,6-7H2,1-2H3/b9-5-. The predicted molar refractivity (Wildman–Crippen MR) is 59.0 cm³/mol. The molecule has 1 N–H and O–H groups in total. The summed E-state index contributed by atoms with van der Waals surface area (Å²) in [5, 5.41) is 13.5. The van der Waals surface area contributed by atoms with Gasteiger partial charge in [0.1, 0.15) is 13.8 Å². The average molecular weight is 238 g/mol. The highest BCUT2D eigenvalue weighted by atomic mass is 32.1. The normalized spacial score (nSPS) is 13.7. The van der Waals surface area contributed by atoms with Gasteiger partial charge in [0, 0.05) is 19.7 Å². The molecule has 1 atom stereocenters. The van der Waals surface area contributed by atoms with Gasteiger partial charge in [-0.25, -0.2) is 0 Å². The average Bonchev–Trinajstić information content (AvgIpc) is 2.21. The number of thiol groups is 1. The van der Waals surface area contributed by atoms with E-state index in [1.807, 2.05) is 0 Å². The second-order valence-corrected chi connectivity index (χ2v) is 3.16. The van der Waals surface area contributed by atoms with Crippen LogP contribution in [0.2, 0.25) is 0 Å². The molecule has 0 bridgehead atoms. The first-order valence-corrected chi connectivity index (χ1v) is 4.90. The zero-order chi connectivity index (χ0) is 11.5. The quantitative estimate of drug-likeness (QED) is 0.206. The van der Waals surface area contributed by atoms with Crippen LogP contribution in [0.3, 0.4) is 0 Å². The van der Waals surface area contributed by atoms with E-state index in [1.54, 1.807) is 6.21 Å². The third-order valence-corrected chi connectivity index (χ3v) is 1.76. The van der Waals surface area contributed by atoms with E-state index in [0.717, 1.165) is 5.06 Å². The maximum Gasteiger partial charge on any atom is 0.122 e. The van der Waals surface area contributed by atoms with Crippen LogP contribution in [0, 0.1) is 0 Å². The Hall–Kier alpha value is -0.340. The topological polar surface area (TPSA) is 63.5 Å². The summed E-state index contributed by atoms with van der Waals surface area (Å²) in [6.45, 7) is 0.613. The maximum absolute atomic E-state index is 8.90. The molecule has 15 heavy (non-hydrogen) atoms. The van der Waals surface area contributed by atoms with Crippen molar-refractivity contribution in [2.75, 3.05) is 27.5 Å². The molecule has 90 valence electrons. The van der Waals surface area contributed by atoms with Crippen molar-refractivity contribution >= 4 is 19.1 Å². The van der Waals surface area contributed by atoms with Gasteiger partial charge in [0.2, 0.25) is 0 Å². The number of nitrogens with zero attached hydrogens (tertiary/aromatic N) is 2. The van der Waals surface area contributed by atoms with E-state index in [4.69, 9.17) is 9.94 Å². The number of hydroxylamine groups is 2. The molecule has 6 nitrogen and oxygen atoms in total. The Kier molecular flexibility index (Phi) is 9.96. The second-order valence-electron chi connectivity index (χ2n) is 2.90. The Morgan fingerprint density at radius 1 is 1.60 bits per heavy atom. The molecule has 0 aromatic rings. The van der Waals surface area contributed by atoms with Crippen LogP contribution in [0.4, 0.5) is 0 Å². The van der Waals surface area contributed by atoms with Gasteiger partial charge in [0.05, 0.1) is 12.7 Å². The van der Waals surface area contributed by atoms with E-state index in [9.17, 15) is 0 Å². The Balaban J connectivity index is 3.77. The molecular weight excluding hydrogens is 220 g/mol. The smallest absolute Gasteiger partial charge is 0.122 e. The van der Waals surface area contributed by atoms with Crippen molar-refractivity contribution in [2.24, 2.45) is 5.16 Å². The second kappa shape index (κ2) is 10.2. The lowest BCUT2D eigenvalue weighted by molar-refractivity contribution is -0.157. The van der Waals surface area contributed by atoms with Crippen LogP contribution in [0.25, 0.3) is 0 Å². The molecule has 0 saturated carbocycles. The Labute approximate surface area is 95.4 Å². The van der Waals surface area contributed by atoms with Crippen molar-refractivity contribution in [3.05, 3.63) is 0 Å². The van der Waals surface area contributed by atoms with Crippen molar-refractivity contribution in [1.29, 1.82) is 0 Å². The summed E-state index contributed by atoms with van der Waals surface area (Å²) < 4.78 is 10.0. The molecule has 0 aliphatic heterocycles. The molecule has 0 amide bonds. The summed E-state index contributed by atoms with van der Waals surface area (Å²) in [7, 11) is 2.99. The van der Waals surface area contributed by atoms with E-state index in [-0.39, 0.29) is 12.8 Å². The SMILES string of the molecule is CO/N=C\CC(CCOS)OCN(C)O.